The monoisotopic (exact) mass is 568 g/mol. The zero-order chi connectivity index (χ0) is 28.3. The number of amides is 3. The van der Waals surface area contributed by atoms with Crippen LogP contribution >= 0.6 is 11.6 Å². The molecule has 0 aliphatic carbocycles. The lowest BCUT2D eigenvalue weighted by Gasteiger charge is -2.13. The van der Waals surface area contributed by atoms with Crippen molar-refractivity contribution in [2.45, 2.75) is 57.9 Å². The molecule has 1 saturated heterocycles. The van der Waals surface area contributed by atoms with Gasteiger partial charge in [0.2, 0.25) is 0 Å². The van der Waals surface area contributed by atoms with E-state index in [4.69, 9.17) is 11.6 Å². The number of urea groups is 1. The highest BCUT2D eigenvalue weighted by molar-refractivity contribution is 6.35. The van der Waals surface area contributed by atoms with E-state index in [1.54, 1.807) is 6.20 Å². The fourth-order valence-corrected chi connectivity index (χ4v) is 5.96. The average molecular weight is 569 g/mol. The lowest BCUT2D eigenvalue weighted by atomic mass is 9.97. The summed E-state index contributed by atoms with van der Waals surface area (Å²) in [7, 11) is 0. The smallest absolute Gasteiger partial charge is 0.324 e. The molecule has 6 rings (SSSR count). The molecule has 1 unspecified atom stereocenters. The molecule has 1 fully saturated rings. The molecule has 41 heavy (non-hydrogen) atoms. The zero-order valence-corrected chi connectivity index (χ0v) is 23.8. The van der Waals surface area contributed by atoms with Crippen LogP contribution in [-0.4, -0.2) is 49.0 Å². The first-order valence-corrected chi connectivity index (χ1v) is 14.6. The Hall–Kier alpha value is -4.17. The van der Waals surface area contributed by atoms with Gasteiger partial charge in [-0.3, -0.25) is 9.69 Å². The normalized spacial score (nSPS) is 15.4. The summed E-state index contributed by atoms with van der Waals surface area (Å²) >= 11 is 6.27. The second kappa shape index (κ2) is 11.7. The fraction of sp³-hybridized carbons (Fsp3) is 0.312. The minimum atomic E-state index is -0.553. The van der Waals surface area contributed by atoms with Gasteiger partial charge >= 0.3 is 6.03 Å². The maximum Gasteiger partial charge on any atom is 0.324 e. The molecule has 9 heteroatoms. The molecule has 5 aromatic rings. The van der Waals surface area contributed by atoms with Crippen molar-refractivity contribution in [1.82, 2.24) is 29.8 Å². The minimum Gasteiger partial charge on any atom is -0.360 e. The Morgan fingerprint density at radius 1 is 0.976 bits per heavy atom. The molecule has 1 aliphatic heterocycles. The van der Waals surface area contributed by atoms with Gasteiger partial charge in [-0.15, -0.1) is 0 Å². The van der Waals surface area contributed by atoms with Crippen LogP contribution in [0.25, 0.3) is 16.6 Å². The van der Waals surface area contributed by atoms with Crippen molar-refractivity contribution in [2.24, 2.45) is 0 Å². The number of imide groups is 1. The van der Waals surface area contributed by atoms with Crippen molar-refractivity contribution >= 4 is 40.1 Å². The van der Waals surface area contributed by atoms with Crippen LogP contribution in [0.5, 0.6) is 0 Å². The highest BCUT2D eigenvalue weighted by atomic mass is 35.5. The standard InChI is InChI=1S/C32H33ClN6O2/c1-21-11-12-22(17-23(21)13-14-25-20-34-29-10-6-15-36-39(25)29)7-3-2-4-16-38-31(40)28(37-32(38)41)18-24-19-35-30-26(24)8-5-9-27(30)33/h5-6,8-12,15,17,19-20,28,35H,2-4,7,13-14,16,18H2,1H3,(H,37,41). The molecule has 210 valence electrons. The summed E-state index contributed by atoms with van der Waals surface area (Å²) in [5.41, 5.74) is 7.75. The van der Waals surface area contributed by atoms with Crippen molar-refractivity contribution in [3.05, 3.63) is 100 Å². The van der Waals surface area contributed by atoms with Gasteiger partial charge in [-0.1, -0.05) is 48.4 Å². The van der Waals surface area contributed by atoms with Crippen molar-refractivity contribution in [1.29, 1.82) is 0 Å². The fourth-order valence-electron chi connectivity index (χ4n) is 5.73. The largest absolute Gasteiger partial charge is 0.360 e. The van der Waals surface area contributed by atoms with Gasteiger partial charge in [0.15, 0.2) is 5.65 Å². The van der Waals surface area contributed by atoms with Gasteiger partial charge in [-0.2, -0.15) is 5.10 Å². The number of hydrogen-bond acceptors (Lipinski definition) is 4. The molecule has 2 aromatic carbocycles. The quantitative estimate of drug-likeness (QED) is 0.155. The average Bonchev–Trinajstić information content (AvgIpc) is 3.66. The molecule has 3 amide bonds. The first-order chi connectivity index (χ1) is 20.0. The van der Waals surface area contributed by atoms with Crippen LogP contribution in [0.15, 0.2) is 67.1 Å². The molecule has 4 heterocycles. The number of unbranched alkanes of at least 4 members (excludes halogenated alkanes) is 2. The van der Waals surface area contributed by atoms with Gasteiger partial charge in [-0.05, 0) is 79.5 Å². The molecule has 0 saturated carbocycles. The maximum atomic E-state index is 13.0. The molecular weight excluding hydrogens is 536 g/mol. The summed E-state index contributed by atoms with van der Waals surface area (Å²) in [5, 5.41) is 8.90. The van der Waals surface area contributed by atoms with Crippen LogP contribution in [0.4, 0.5) is 4.79 Å². The topological polar surface area (TPSA) is 95.4 Å². The predicted octanol–water partition coefficient (Wildman–Crippen LogP) is 5.83. The SMILES string of the molecule is Cc1ccc(CCCCCN2C(=O)NC(Cc3c[nH]c4c(Cl)cccc34)C2=O)cc1CCc1cnc2cccnn12. The Morgan fingerprint density at radius 2 is 1.88 bits per heavy atom. The van der Waals surface area contributed by atoms with Crippen LogP contribution in [-0.2, 0) is 30.5 Å². The number of nitrogens with one attached hydrogen (secondary N) is 2. The lowest BCUT2D eigenvalue weighted by molar-refractivity contribution is -0.127. The molecule has 0 bridgehead atoms. The number of carbonyl (C=O) groups excluding carboxylic acids is 2. The first-order valence-electron chi connectivity index (χ1n) is 14.2. The molecule has 2 N–H and O–H groups in total. The second-order valence-electron chi connectivity index (χ2n) is 10.8. The third-order valence-corrected chi connectivity index (χ3v) is 8.36. The number of H-pyrrole nitrogens is 1. The number of carbonyl (C=O) groups is 2. The van der Waals surface area contributed by atoms with E-state index in [0.717, 1.165) is 66.3 Å². The van der Waals surface area contributed by atoms with E-state index in [1.807, 2.05) is 47.2 Å². The number of para-hydroxylation sites is 1. The minimum absolute atomic E-state index is 0.157. The molecule has 3 aromatic heterocycles. The highest BCUT2D eigenvalue weighted by Gasteiger charge is 2.37. The molecular formula is C32H33ClN6O2. The number of nitrogens with zero attached hydrogens (tertiary/aromatic N) is 4. The number of imidazole rings is 1. The van der Waals surface area contributed by atoms with E-state index in [9.17, 15) is 9.59 Å². The summed E-state index contributed by atoms with van der Waals surface area (Å²) in [5.74, 6) is -0.157. The Balaban J connectivity index is 0.975. The van der Waals surface area contributed by atoms with Gasteiger partial charge in [0.25, 0.3) is 5.91 Å². The second-order valence-corrected chi connectivity index (χ2v) is 11.2. The number of halogens is 1. The lowest BCUT2D eigenvalue weighted by Crippen LogP contribution is -2.33. The Kier molecular flexibility index (Phi) is 7.74. The van der Waals surface area contributed by atoms with E-state index in [1.165, 1.54) is 21.6 Å². The Labute approximate surface area is 243 Å². The van der Waals surface area contributed by atoms with Crippen LogP contribution < -0.4 is 5.32 Å². The molecule has 1 atom stereocenters. The van der Waals surface area contributed by atoms with E-state index >= 15 is 0 Å². The van der Waals surface area contributed by atoms with Crippen LogP contribution in [0, 0.1) is 6.92 Å². The number of aromatic nitrogens is 4. The Bertz CT molecular complexity index is 1720. The van der Waals surface area contributed by atoms with Crippen molar-refractivity contribution in [3.8, 4) is 0 Å². The number of rotatable bonds is 11. The molecule has 0 radical (unpaired) electrons. The third-order valence-electron chi connectivity index (χ3n) is 8.04. The third kappa shape index (κ3) is 5.70. The summed E-state index contributed by atoms with van der Waals surface area (Å²) in [6, 6.07) is 15.4. The van der Waals surface area contributed by atoms with Gasteiger partial charge in [0.05, 0.1) is 22.4 Å². The predicted molar refractivity (Wildman–Crippen MR) is 160 cm³/mol. The van der Waals surface area contributed by atoms with Crippen molar-refractivity contribution in [3.63, 3.8) is 0 Å². The van der Waals surface area contributed by atoms with Crippen molar-refractivity contribution in [2.75, 3.05) is 6.54 Å². The van der Waals surface area contributed by atoms with Crippen molar-refractivity contribution < 1.29 is 9.59 Å². The van der Waals surface area contributed by atoms with E-state index in [2.05, 4.69) is 45.5 Å². The number of aromatic amines is 1. The van der Waals surface area contributed by atoms with Crippen LogP contribution in [0.2, 0.25) is 5.02 Å². The van der Waals surface area contributed by atoms with Gasteiger partial charge in [0, 0.05) is 30.7 Å². The highest BCUT2D eigenvalue weighted by Crippen LogP contribution is 2.27. The summed E-state index contributed by atoms with van der Waals surface area (Å²) in [6.45, 7) is 2.60. The van der Waals surface area contributed by atoms with Crippen LogP contribution in [0.1, 0.15) is 47.2 Å². The van der Waals surface area contributed by atoms with E-state index in [0.29, 0.717) is 18.0 Å². The molecule has 8 nitrogen and oxygen atoms in total. The van der Waals surface area contributed by atoms with Gasteiger partial charge in [0.1, 0.15) is 6.04 Å². The zero-order valence-electron chi connectivity index (χ0n) is 23.1. The number of benzene rings is 2. The molecule has 0 spiro atoms. The number of aryl methyl sites for hydroxylation is 4. The number of fused-ring (bicyclic) bond motifs is 2. The number of hydrogen-bond donors (Lipinski definition) is 2. The van der Waals surface area contributed by atoms with E-state index in [-0.39, 0.29) is 11.9 Å². The summed E-state index contributed by atoms with van der Waals surface area (Å²) < 4.78 is 1.91. The first kappa shape index (κ1) is 27.0. The summed E-state index contributed by atoms with van der Waals surface area (Å²) in [6.07, 6.45) is 11.5. The van der Waals surface area contributed by atoms with E-state index < -0.39 is 6.04 Å². The van der Waals surface area contributed by atoms with Crippen LogP contribution in [0.3, 0.4) is 0 Å². The van der Waals surface area contributed by atoms with Gasteiger partial charge < -0.3 is 10.3 Å². The van der Waals surface area contributed by atoms with Gasteiger partial charge in [-0.25, -0.2) is 14.3 Å². The summed E-state index contributed by atoms with van der Waals surface area (Å²) in [4.78, 5) is 34.6. The molecule has 1 aliphatic rings. The Morgan fingerprint density at radius 3 is 2.78 bits per heavy atom. The maximum absolute atomic E-state index is 13.0.